The number of carbonyl (C=O) groups excluding carboxylic acids is 1. The van der Waals surface area contributed by atoms with E-state index in [4.69, 9.17) is 10.8 Å². The highest BCUT2D eigenvalue weighted by molar-refractivity contribution is 5.86. The van der Waals surface area contributed by atoms with Gasteiger partial charge in [-0.15, -0.1) is 0 Å². The van der Waals surface area contributed by atoms with Gasteiger partial charge >= 0.3 is 5.97 Å². The third-order valence-electron chi connectivity index (χ3n) is 3.23. The van der Waals surface area contributed by atoms with Crippen molar-refractivity contribution in [3.05, 3.63) is 0 Å². The molecule has 0 spiro atoms. The highest BCUT2D eigenvalue weighted by atomic mass is 16.4. The molecule has 0 aliphatic carbocycles. The quantitative estimate of drug-likeness (QED) is 0.625. The molecular formula is C12H24N2O3. The second-order valence-corrected chi connectivity index (χ2v) is 4.79. The Balaban J connectivity index is 4.65. The van der Waals surface area contributed by atoms with Gasteiger partial charge in [-0.2, -0.15) is 0 Å². The number of rotatable bonds is 7. The van der Waals surface area contributed by atoms with Gasteiger partial charge in [-0.05, 0) is 18.8 Å². The predicted octanol–water partition coefficient (Wildman–Crippen LogP) is 1.12. The van der Waals surface area contributed by atoms with E-state index in [2.05, 4.69) is 5.32 Å². The molecule has 1 unspecified atom stereocenters. The summed E-state index contributed by atoms with van der Waals surface area (Å²) in [6.45, 7) is 7.46. The molecule has 0 fully saturated rings. The van der Waals surface area contributed by atoms with E-state index in [1.54, 1.807) is 0 Å². The van der Waals surface area contributed by atoms with Crippen molar-refractivity contribution in [3.63, 3.8) is 0 Å². The number of amides is 1. The Morgan fingerprint density at radius 3 is 2.06 bits per heavy atom. The molecule has 0 aromatic carbocycles. The van der Waals surface area contributed by atoms with Crippen molar-refractivity contribution in [1.82, 2.24) is 5.32 Å². The number of nitrogens with two attached hydrogens (primary N) is 1. The monoisotopic (exact) mass is 244 g/mol. The summed E-state index contributed by atoms with van der Waals surface area (Å²) < 4.78 is 0. The highest BCUT2D eigenvalue weighted by Gasteiger charge is 2.32. The maximum Gasteiger partial charge on any atom is 0.305 e. The van der Waals surface area contributed by atoms with Crippen LogP contribution < -0.4 is 11.1 Å². The fraction of sp³-hybridized carbons (Fsp3) is 0.833. The molecule has 100 valence electrons. The van der Waals surface area contributed by atoms with E-state index in [-0.39, 0.29) is 24.3 Å². The molecule has 0 saturated heterocycles. The third-order valence-corrected chi connectivity index (χ3v) is 3.23. The van der Waals surface area contributed by atoms with Crippen LogP contribution in [0.1, 0.15) is 47.0 Å². The van der Waals surface area contributed by atoms with Crippen LogP contribution >= 0.6 is 0 Å². The first-order valence-corrected chi connectivity index (χ1v) is 6.08. The molecule has 17 heavy (non-hydrogen) atoms. The molecule has 0 heterocycles. The van der Waals surface area contributed by atoms with E-state index in [1.165, 1.54) is 0 Å². The minimum Gasteiger partial charge on any atom is -0.481 e. The molecule has 0 aliphatic rings. The van der Waals surface area contributed by atoms with Crippen molar-refractivity contribution in [1.29, 1.82) is 0 Å². The lowest BCUT2D eigenvalue weighted by molar-refractivity contribution is -0.138. The Hall–Kier alpha value is -1.10. The van der Waals surface area contributed by atoms with Crippen molar-refractivity contribution in [2.24, 2.45) is 11.7 Å². The Morgan fingerprint density at radius 1 is 1.29 bits per heavy atom. The smallest absolute Gasteiger partial charge is 0.305 e. The first kappa shape index (κ1) is 15.9. The van der Waals surface area contributed by atoms with Gasteiger partial charge in [0.2, 0.25) is 5.91 Å². The van der Waals surface area contributed by atoms with Crippen LogP contribution in [0.15, 0.2) is 0 Å². The zero-order chi connectivity index (χ0) is 13.6. The van der Waals surface area contributed by atoms with E-state index in [0.29, 0.717) is 12.8 Å². The summed E-state index contributed by atoms with van der Waals surface area (Å²) in [5.41, 5.74) is 5.06. The number of nitrogens with one attached hydrogen (secondary N) is 1. The summed E-state index contributed by atoms with van der Waals surface area (Å²) in [5.74, 6) is -1.12. The molecule has 0 aromatic heterocycles. The minimum absolute atomic E-state index is 0.0630. The van der Waals surface area contributed by atoms with E-state index >= 15 is 0 Å². The molecular weight excluding hydrogens is 220 g/mol. The Morgan fingerprint density at radius 2 is 1.76 bits per heavy atom. The van der Waals surface area contributed by atoms with Gasteiger partial charge < -0.3 is 16.2 Å². The van der Waals surface area contributed by atoms with E-state index < -0.39 is 11.5 Å². The molecule has 5 heteroatoms. The standard InChI is InChI=1S/C12H24N2O3/c1-5-12(13,6-2)11(17)14-9(8(3)4)7-10(15)16/h8-9H,5-7,13H2,1-4H3,(H,14,17)(H,15,16). The zero-order valence-electron chi connectivity index (χ0n) is 11.1. The predicted molar refractivity (Wildman–Crippen MR) is 66.5 cm³/mol. The lowest BCUT2D eigenvalue weighted by Gasteiger charge is -2.29. The van der Waals surface area contributed by atoms with Gasteiger partial charge in [-0.25, -0.2) is 0 Å². The van der Waals surface area contributed by atoms with Crippen LogP contribution in [-0.4, -0.2) is 28.6 Å². The fourth-order valence-corrected chi connectivity index (χ4v) is 1.52. The van der Waals surface area contributed by atoms with Crippen molar-refractivity contribution < 1.29 is 14.7 Å². The average Bonchev–Trinajstić information content (AvgIpc) is 2.26. The van der Waals surface area contributed by atoms with Gasteiger partial charge in [0.1, 0.15) is 0 Å². The molecule has 0 bridgehead atoms. The number of hydrogen-bond donors (Lipinski definition) is 3. The molecule has 0 aromatic rings. The van der Waals surface area contributed by atoms with Gasteiger partial charge in [-0.1, -0.05) is 27.7 Å². The SMILES string of the molecule is CCC(N)(CC)C(=O)NC(CC(=O)O)C(C)C. The molecule has 0 saturated carbocycles. The number of carboxylic acid groups (broad SMARTS) is 1. The topological polar surface area (TPSA) is 92.4 Å². The average molecular weight is 244 g/mol. The summed E-state index contributed by atoms with van der Waals surface area (Å²) in [4.78, 5) is 22.7. The Labute approximate surface area is 103 Å². The minimum atomic E-state index is -0.917. The van der Waals surface area contributed by atoms with E-state index in [0.717, 1.165) is 0 Å². The number of hydrogen-bond acceptors (Lipinski definition) is 3. The summed E-state index contributed by atoms with van der Waals surface area (Å²) in [7, 11) is 0. The maximum absolute atomic E-state index is 12.0. The number of aliphatic carboxylic acids is 1. The van der Waals surface area contributed by atoms with E-state index in [9.17, 15) is 9.59 Å². The number of carbonyl (C=O) groups is 2. The molecule has 4 N–H and O–H groups in total. The van der Waals surface area contributed by atoms with Gasteiger partial charge in [0.25, 0.3) is 0 Å². The van der Waals surface area contributed by atoms with Crippen LogP contribution in [0.5, 0.6) is 0 Å². The molecule has 0 rings (SSSR count). The first-order chi connectivity index (χ1) is 7.76. The van der Waals surface area contributed by atoms with Gasteiger partial charge in [-0.3, -0.25) is 9.59 Å². The molecule has 0 aliphatic heterocycles. The highest BCUT2D eigenvalue weighted by Crippen LogP contribution is 2.14. The first-order valence-electron chi connectivity index (χ1n) is 6.08. The van der Waals surface area contributed by atoms with Crippen molar-refractivity contribution >= 4 is 11.9 Å². The molecule has 0 radical (unpaired) electrons. The lowest BCUT2D eigenvalue weighted by Crippen LogP contribution is -2.56. The van der Waals surface area contributed by atoms with Gasteiger partial charge in [0, 0.05) is 6.04 Å². The maximum atomic E-state index is 12.0. The van der Waals surface area contributed by atoms with Crippen LogP contribution in [-0.2, 0) is 9.59 Å². The second kappa shape index (κ2) is 6.59. The zero-order valence-corrected chi connectivity index (χ0v) is 11.1. The van der Waals surface area contributed by atoms with Crippen LogP contribution in [0, 0.1) is 5.92 Å². The van der Waals surface area contributed by atoms with Gasteiger partial charge in [0.15, 0.2) is 0 Å². The van der Waals surface area contributed by atoms with E-state index in [1.807, 2.05) is 27.7 Å². The van der Waals surface area contributed by atoms with Crippen LogP contribution in [0.25, 0.3) is 0 Å². The van der Waals surface area contributed by atoms with Crippen molar-refractivity contribution in [2.45, 2.75) is 58.5 Å². The van der Waals surface area contributed by atoms with Gasteiger partial charge in [0.05, 0.1) is 12.0 Å². The lowest BCUT2D eigenvalue weighted by atomic mass is 9.91. The summed E-state index contributed by atoms with van der Waals surface area (Å²) >= 11 is 0. The number of carboxylic acids is 1. The largest absolute Gasteiger partial charge is 0.481 e. The second-order valence-electron chi connectivity index (χ2n) is 4.79. The van der Waals surface area contributed by atoms with Crippen LogP contribution in [0.2, 0.25) is 0 Å². The molecule has 1 atom stereocenters. The normalized spacial score (nSPS) is 13.5. The summed E-state index contributed by atoms with van der Waals surface area (Å²) in [5, 5.41) is 11.5. The summed E-state index contributed by atoms with van der Waals surface area (Å²) in [6.07, 6.45) is 0.993. The summed E-state index contributed by atoms with van der Waals surface area (Å²) in [6, 6.07) is -0.374. The third kappa shape index (κ3) is 4.73. The fourth-order valence-electron chi connectivity index (χ4n) is 1.52. The molecule has 1 amide bonds. The Bertz CT molecular complexity index is 273. The van der Waals surface area contributed by atoms with Crippen molar-refractivity contribution in [3.8, 4) is 0 Å². The molecule has 5 nitrogen and oxygen atoms in total. The van der Waals surface area contributed by atoms with Crippen LogP contribution in [0.4, 0.5) is 0 Å². The Kier molecular flexibility index (Phi) is 6.16. The van der Waals surface area contributed by atoms with Crippen molar-refractivity contribution in [2.75, 3.05) is 0 Å². The van der Waals surface area contributed by atoms with Crippen LogP contribution in [0.3, 0.4) is 0 Å².